The molecule has 0 aromatic heterocycles. The Morgan fingerprint density at radius 2 is 1.00 bits per heavy atom. The molecule has 0 spiro atoms. The third-order valence-corrected chi connectivity index (χ3v) is 4.58. The molecule has 1 saturated carbocycles. The molecule has 0 aliphatic heterocycles. The lowest BCUT2D eigenvalue weighted by Gasteiger charge is -2.24. The zero-order valence-electron chi connectivity index (χ0n) is 15.5. The molecule has 26 heavy (non-hydrogen) atoms. The van der Waals surface area contributed by atoms with Crippen LogP contribution in [0.3, 0.4) is 0 Å². The van der Waals surface area contributed by atoms with Crippen molar-refractivity contribution in [3.8, 4) is 0 Å². The Morgan fingerprint density at radius 3 is 1.19 bits per heavy atom. The van der Waals surface area contributed by atoms with Crippen LogP contribution in [-0.4, -0.2) is 22.2 Å². The molecule has 2 unspecified atom stereocenters. The summed E-state index contributed by atoms with van der Waals surface area (Å²) < 4.78 is 0. The van der Waals surface area contributed by atoms with Crippen LogP contribution >= 0.6 is 0 Å². The summed E-state index contributed by atoms with van der Waals surface area (Å²) >= 11 is 0. The lowest BCUT2D eigenvalue weighted by atomic mass is 9.82. The van der Waals surface area contributed by atoms with Gasteiger partial charge in [-0.3, -0.25) is 0 Å². The second kappa shape index (κ2) is 11.9. The second-order valence-corrected chi connectivity index (χ2v) is 6.58. The van der Waals surface area contributed by atoms with E-state index in [1.165, 1.54) is 25.7 Å². The van der Waals surface area contributed by atoms with Gasteiger partial charge in [0.05, 0.1) is 11.1 Å². The maximum Gasteiger partial charge on any atom is 0.335 e. The van der Waals surface area contributed by atoms with E-state index in [0.717, 1.165) is 11.8 Å². The minimum atomic E-state index is -0.879. The molecule has 0 saturated heterocycles. The van der Waals surface area contributed by atoms with Crippen molar-refractivity contribution in [2.75, 3.05) is 0 Å². The summed E-state index contributed by atoms with van der Waals surface area (Å²) in [5.41, 5.74) is 0.662. The smallest absolute Gasteiger partial charge is 0.335 e. The maximum atomic E-state index is 10.2. The van der Waals surface area contributed by atoms with E-state index in [0.29, 0.717) is 11.1 Å². The van der Waals surface area contributed by atoms with Crippen LogP contribution in [0, 0.1) is 11.8 Å². The topological polar surface area (TPSA) is 74.6 Å². The van der Waals surface area contributed by atoms with E-state index in [2.05, 4.69) is 13.8 Å². The predicted molar refractivity (Wildman–Crippen MR) is 104 cm³/mol. The molecule has 2 aromatic rings. The van der Waals surface area contributed by atoms with E-state index in [9.17, 15) is 9.59 Å². The van der Waals surface area contributed by atoms with Crippen molar-refractivity contribution in [1.82, 2.24) is 0 Å². The number of carbonyl (C=O) groups is 2. The Bertz CT molecular complexity index is 593. The number of carboxylic acids is 2. The Balaban J connectivity index is 0.000000195. The van der Waals surface area contributed by atoms with Crippen molar-refractivity contribution in [2.24, 2.45) is 11.8 Å². The Hall–Kier alpha value is -2.62. The van der Waals surface area contributed by atoms with Crippen LogP contribution in [0.5, 0.6) is 0 Å². The number of aromatic carboxylic acids is 2. The fourth-order valence-corrected chi connectivity index (χ4v) is 2.66. The van der Waals surface area contributed by atoms with Gasteiger partial charge in [-0.15, -0.1) is 0 Å². The van der Waals surface area contributed by atoms with E-state index in [1.54, 1.807) is 60.7 Å². The lowest BCUT2D eigenvalue weighted by Crippen LogP contribution is -2.12. The molecule has 1 aliphatic carbocycles. The fourth-order valence-electron chi connectivity index (χ4n) is 2.66. The first-order valence-corrected chi connectivity index (χ1v) is 8.98. The molecular weight excluding hydrogens is 328 g/mol. The van der Waals surface area contributed by atoms with E-state index in [-0.39, 0.29) is 0 Å². The SMILES string of the molecule is CC1CCCCC1C.O=C(O)c1ccccc1.O=C(O)c1ccccc1. The molecule has 3 rings (SSSR count). The standard InChI is InChI=1S/C8H16.2C7H6O2/c1-7-5-3-4-6-8(7)2;2*8-7(9)6-4-2-1-3-5-6/h7-8H,3-6H2,1-2H3;2*1-5H,(H,8,9). The van der Waals surface area contributed by atoms with Crippen LogP contribution in [0.25, 0.3) is 0 Å². The van der Waals surface area contributed by atoms with E-state index in [4.69, 9.17) is 10.2 Å². The minimum Gasteiger partial charge on any atom is -0.478 e. The van der Waals surface area contributed by atoms with Gasteiger partial charge in [0, 0.05) is 0 Å². The Morgan fingerprint density at radius 1 is 0.692 bits per heavy atom. The van der Waals surface area contributed by atoms with E-state index >= 15 is 0 Å². The van der Waals surface area contributed by atoms with Crippen molar-refractivity contribution >= 4 is 11.9 Å². The summed E-state index contributed by atoms with van der Waals surface area (Å²) in [5.74, 6) is 0.249. The average Bonchev–Trinajstić information content (AvgIpc) is 2.66. The number of rotatable bonds is 2. The number of hydrogen-bond donors (Lipinski definition) is 2. The van der Waals surface area contributed by atoms with Crippen molar-refractivity contribution in [2.45, 2.75) is 39.5 Å². The van der Waals surface area contributed by atoms with Crippen molar-refractivity contribution in [3.63, 3.8) is 0 Å². The van der Waals surface area contributed by atoms with Crippen LogP contribution < -0.4 is 0 Å². The molecule has 2 atom stereocenters. The van der Waals surface area contributed by atoms with E-state index < -0.39 is 11.9 Å². The number of hydrogen-bond acceptors (Lipinski definition) is 2. The monoisotopic (exact) mass is 356 g/mol. The molecule has 0 amide bonds. The van der Waals surface area contributed by atoms with Gasteiger partial charge in [0.2, 0.25) is 0 Å². The molecule has 2 N–H and O–H groups in total. The van der Waals surface area contributed by atoms with Crippen LogP contribution in [0.2, 0.25) is 0 Å². The molecule has 4 heteroatoms. The Kier molecular flexibility index (Phi) is 9.77. The minimum absolute atomic E-state index is 0.331. The first-order valence-electron chi connectivity index (χ1n) is 8.98. The number of carboxylic acid groups (broad SMARTS) is 2. The molecule has 0 radical (unpaired) electrons. The van der Waals surface area contributed by atoms with Gasteiger partial charge in [0.25, 0.3) is 0 Å². The molecule has 2 aromatic carbocycles. The molecule has 0 bridgehead atoms. The summed E-state index contributed by atoms with van der Waals surface area (Å²) in [4.78, 5) is 20.4. The third-order valence-electron chi connectivity index (χ3n) is 4.58. The highest BCUT2D eigenvalue weighted by Crippen LogP contribution is 2.28. The van der Waals surface area contributed by atoms with Crippen LogP contribution in [0.4, 0.5) is 0 Å². The summed E-state index contributed by atoms with van der Waals surface area (Å²) in [5, 5.41) is 16.8. The molecule has 1 aliphatic rings. The maximum absolute atomic E-state index is 10.2. The normalized spacial score (nSPS) is 18.4. The van der Waals surface area contributed by atoms with Gasteiger partial charge in [0.15, 0.2) is 0 Å². The van der Waals surface area contributed by atoms with Gasteiger partial charge in [0.1, 0.15) is 0 Å². The summed E-state index contributed by atoms with van der Waals surface area (Å²) in [6.07, 6.45) is 5.90. The summed E-state index contributed by atoms with van der Waals surface area (Å²) in [6.45, 7) is 4.76. The van der Waals surface area contributed by atoms with Gasteiger partial charge < -0.3 is 10.2 Å². The fraction of sp³-hybridized carbons (Fsp3) is 0.364. The highest BCUT2D eigenvalue weighted by atomic mass is 16.4. The van der Waals surface area contributed by atoms with Gasteiger partial charge >= 0.3 is 11.9 Å². The average molecular weight is 356 g/mol. The predicted octanol–water partition coefficient (Wildman–Crippen LogP) is 5.60. The second-order valence-electron chi connectivity index (χ2n) is 6.58. The molecule has 1 fully saturated rings. The first kappa shape index (κ1) is 21.4. The van der Waals surface area contributed by atoms with Crippen molar-refractivity contribution < 1.29 is 19.8 Å². The van der Waals surface area contributed by atoms with E-state index in [1.807, 2.05) is 0 Å². The molecule has 140 valence electrons. The van der Waals surface area contributed by atoms with Gasteiger partial charge in [-0.2, -0.15) is 0 Å². The molecule has 0 heterocycles. The Labute approximate surface area is 155 Å². The zero-order chi connectivity index (χ0) is 19.4. The van der Waals surface area contributed by atoms with Crippen molar-refractivity contribution in [1.29, 1.82) is 0 Å². The third kappa shape index (κ3) is 8.47. The van der Waals surface area contributed by atoms with Gasteiger partial charge in [-0.05, 0) is 36.1 Å². The molecular formula is C22H28O4. The number of benzene rings is 2. The van der Waals surface area contributed by atoms with Gasteiger partial charge in [-0.25, -0.2) is 9.59 Å². The van der Waals surface area contributed by atoms with Crippen LogP contribution in [-0.2, 0) is 0 Å². The molecule has 4 nitrogen and oxygen atoms in total. The van der Waals surface area contributed by atoms with Crippen molar-refractivity contribution in [3.05, 3.63) is 71.8 Å². The summed E-state index contributed by atoms with van der Waals surface area (Å²) in [7, 11) is 0. The van der Waals surface area contributed by atoms with Crippen LogP contribution in [0.15, 0.2) is 60.7 Å². The van der Waals surface area contributed by atoms with Crippen LogP contribution in [0.1, 0.15) is 60.2 Å². The lowest BCUT2D eigenvalue weighted by molar-refractivity contribution is 0.0686. The quantitative estimate of drug-likeness (QED) is 0.734. The highest BCUT2D eigenvalue weighted by molar-refractivity contribution is 5.87. The van der Waals surface area contributed by atoms with Gasteiger partial charge in [-0.1, -0.05) is 75.9 Å². The largest absolute Gasteiger partial charge is 0.478 e. The summed E-state index contributed by atoms with van der Waals surface area (Å²) in [6, 6.07) is 16.6. The zero-order valence-corrected chi connectivity index (χ0v) is 15.5. The highest BCUT2D eigenvalue weighted by Gasteiger charge is 2.15. The first-order chi connectivity index (χ1) is 12.4.